The van der Waals surface area contributed by atoms with Gasteiger partial charge in [0.25, 0.3) is 0 Å². The minimum atomic E-state index is -4.12. The van der Waals surface area contributed by atoms with Crippen LogP contribution in [-0.4, -0.2) is 0 Å². The molecule has 0 rings (SSSR count). The quantitative estimate of drug-likeness (QED) is 0.298. The van der Waals surface area contributed by atoms with Crippen LogP contribution in [0, 0.1) is 0 Å². The molecule has 0 unspecified atom stereocenters. The van der Waals surface area contributed by atoms with Crippen LogP contribution in [0.4, 0.5) is 37.8 Å². The van der Waals surface area contributed by atoms with Crippen molar-refractivity contribution in [1.29, 1.82) is 0 Å². The van der Waals surface area contributed by atoms with Crippen molar-refractivity contribution in [3.63, 3.8) is 0 Å². The molecule has 0 aliphatic carbocycles. The molecule has 0 aromatic rings. The predicted molar refractivity (Wildman–Crippen MR) is 34.9 cm³/mol. The van der Waals surface area contributed by atoms with E-state index in [1.165, 1.54) is 0 Å². The van der Waals surface area contributed by atoms with E-state index in [9.17, 15) is 37.8 Å². The van der Waals surface area contributed by atoms with Gasteiger partial charge in [0, 0.05) is 0 Å². The summed E-state index contributed by atoms with van der Waals surface area (Å²) < 4.78 is 87.6. The van der Waals surface area contributed by atoms with Crippen LogP contribution >= 0.6 is 26.6 Å². The van der Waals surface area contributed by atoms with Crippen LogP contribution in [0.2, 0.25) is 0 Å². The molecular weight excluding hydrogens is 365 g/mol. The molecule has 0 nitrogen and oxygen atoms in total. The molecular formula is H3F9P3Ru. The van der Waals surface area contributed by atoms with E-state index in [2.05, 4.69) is 0 Å². The van der Waals surface area contributed by atoms with Gasteiger partial charge in [-0.1, -0.05) is 0 Å². The summed E-state index contributed by atoms with van der Waals surface area (Å²) in [5.74, 6) is 0. The van der Waals surface area contributed by atoms with Crippen LogP contribution in [0.5, 0.6) is 0 Å². The third-order valence-corrected chi connectivity index (χ3v) is 0. The van der Waals surface area contributed by atoms with Crippen molar-refractivity contribution < 1.29 is 57.3 Å². The first kappa shape index (κ1) is 23.8. The number of rotatable bonds is 0. The number of hydrogen-bond acceptors (Lipinski definition) is 0. The van der Waals surface area contributed by atoms with Gasteiger partial charge in [-0.3, -0.25) is 0 Å². The molecule has 0 amide bonds. The van der Waals surface area contributed by atoms with E-state index in [1.807, 2.05) is 0 Å². The molecule has 0 radical (unpaired) electrons. The Hall–Kier alpha value is 1.28. The molecule has 89 valence electrons. The van der Waals surface area contributed by atoms with Crippen molar-refractivity contribution >= 4 is 26.6 Å². The Bertz CT molecular complexity index is 43.4. The molecule has 0 saturated carbocycles. The Kier molecular flexibility index (Phi) is 34.7. The monoisotopic (exact) mass is 369 g/mol. The fourth-order valence-corrected chi connectivity index (χ4v) is 0. The molecule has 0 atom stereocenters. The second-order valence-corrected chi connectivity index (χ2v) is 1.72. The van der Waals surface area contributed by atoms with Crippen molar-refractivity contribution in [2.24, 2.45) is 0 Å². The fourth-order valence-electron chi connectivity index (χ4n) is 0. The minimum absolute atomic E-state index is 0. The molecule has 0 aromatic heterocycles. The standard InChI is InChI=1S/3F3P.Ru.3H/c3*1-4(2)3;;;;. The zero-order valence-corrected chi connectivity index (χ0v) is 10.1. The summed E-state index contributed by atoms with van der Waals surface area (Å²) in [5, 5.41) is 0. The summed E-state index contributed by atoms with van der Waals surface area (Å²) >= 11 is 0. The van der Waals surface area contributed by atoms with Gasteiger partial charge in [-0.25, -0.2) is 0 Å². The molecule has 13 heteroatoms. The molecule has 0 fully saturated rings. The average Bonchev–Trinajstić information content (AvgIpc) is 1.54. The van der Waals surface area contributed by atoms with E-state index < -0.39 is 26.6 Å². The predicted octanol–water partition coefficient (Wildman–Crippen LogP) is 5.56. The summed E-state index contributed by atoms with van der Waals surface area (Å²) in [6, 6.07) is 0. The maximum absolute atomic E-state index is 9.73. The Morgan fingerprint density at radius 3 is 0.385 bits per heavy atom. The first-order valence-electron chi connectivity index (χ1n) is 1.52. The zero-order valence-electron chi connectivity index (χ0n) is 5.19. The van der Waals surface area contributed by atoms with E-state index in [4.69, 9.17) is 0 Å². The fraction of sp³-hybridized carbons (Fsp3) is 0. The van der Waals surface area contributed by atoms with Gasteiger partial charge in [-0.15, -0.1) is 0 Å². The normalized spacial score (nSPS) is 8.31. The summed E-state index contributed by atoms with van der Waals surface area (Å²) in [4.78, 5) is 0. The summed E-state index contributed by atoms with van der Waals surface area (Å²) in [7, 11) is -12.4. The van der Waals surface area contributed by atoms with Gasteiger partial charge >= 0.3 is 46.0 Å². The second kappa shape index (κ2) is 19.0. The van der Waals surface area contributed by atoms with Gasteiger partial charge in [-0.2, -0.15) is 37.8 Å². The van der Waals surface area contributed by atoms with Crippen molar-refractivity contribution in [3.8, 4) is 0 Å². The van der Waals surface area contributed by atoms with Crippen molar-refractivity contribution in [3.05, 3.63) is 0 Å². The second-order valence-electron chi connectivity index (χ2n) is 0.575. The first-order valence-corrected chi connectivity index (χ1v) is 4.56. The summed E-state index contributed by atoms with van der Waals surface area (Å²) in [6.07, 6.45) is 0. The van der Waals surface area contributed by atoms with Crippen LogP contribution in [0.1, 0.15) is 0 Å². The molecule has 0 saturated heterocycles. The third-order valence-electron chi connectivity index (χ3n) is 0. The average molecular weight is 368 g/mol. The molecule has 0 bridgehead atoms. The van der Waals surface area contributed by atoms with Crippen LogP contribution in [0.25, 0.3) is 0 Å². The van der Waals surface area contributed by atoms with Gasteiger partial charge in [0.05, 0.1) is 0 Å². The molecule has 0 spiro atoms. The SMILES string of the molecule is FP(F)F.FP(F)F.FP(F)F.[RuH3]. The van der Waals surface area contributed by atoms with E-state index in [0.29, 0.717) is 0 Å². The summed E-state index contributed by atoms with van der Waals surface area (Å²) in [5.41, 5.74) is 0. The topological polar surface area (TPSA) is 0 Å². The van der Waals surface area contributed by atoms with Crippen molar-refractivity contribution in [2.45, 2.75) is 0 Å². The van der Waals surface area contributed by atoms with Gasteiger partial charge in [0.15, 0.2) is 0 Å². The van der Waals surface area contributed by atoms with Crippen LogP contribution in [0.15, 0.2) is 0 Å². The van der Waals surface area contributed by atoms with Crippen molar-refractivity contribution in [2.75, 3.05) is 0 Å². The third kappa shape index (κ3) is 1030. The molecule has 0 aliphatic rings. The Balaban J connectivity index is -0.0000000450. The molecule has 13 heavy (non-hydrogen) atoms. The molecule has 0 aliphatic heterocycles. The van der Waals surface area contributed by atoms with E-state index in [1.54, 1.807) is 0 Å². The van der Waals surface area contributed by atoms with Crippen LogP contribution in [-0.2, 0) is 19.5 Å². The first-order chi connectivity index (χ1) is 5.20. The van der Waals surface area contributed by atoms with E-state index >= 15 is 0 Å². The van der Waals surface area contributed by atoms with E-state index in [0.717, 1.165) is 0 Å². The van der Waals surface area contributed by atoms with Crippen LogP contribution in [0.3, 0.4) is 0 Å². The van der Waals surface area contributed by atoms with Gasteiger partial charge in [-0.05, 0) is 0 Å². The van der Waals surface area contributed by atoms with Gasteiger partial charge < -0.3 is 0 Å². The Morgan fingerprint density at radius 1 is 0.385 bits per heavy atom. The molecule has 0 N–H and O–H groups in total. The summed E-state index contributed by atoms with van der Waals surface area (Å²) in [6.45, 7) is 0. The molecule has 0 aromatic carbocycles. The Labute approximate surface area is 84.4 Å². The van der Waals surface area contributed by atoms with Gasteiger partial charge in [0.2, 0.25) is 0 Å². The van der Waals surface area contributed by atoms with E-state index in [-0.39, 0.29) is 19.5 Å². The van der Waals surface area contributed by atoms with Crippen molar-refractivity contribution in [1.82, 2.24) is 0 Å². The number of hydrogen-bond donors (Lipinski definition) is 0. The van der Waals surface area contributed by atoms with Crippen LogP contribution < -0.4 is 0 Å². The Morgan fingerprint density at radius 2 is 0.385 bits per heavy atom. The number of halogens is 9. The zero-order chi connectivity index (χ0) is 10.7. The maximum atomic E-state index is 9.73. The molecule has 0 heterocycles. The van der Waals surface area contributed by atoms with Gasteiger partial charge in [0.1, 0.15) is 0 Å².